The molecule has 6 nitrogen and oxygen atoms in total. The highest BCUT2D eigenvalue weighted by atomic mass is 16.6. The number of ether oxygens (including phenoxy) is 3. The smallest absolute Gasteiger partial charge is 0.306 e. The molecule has 0 aliphatic carbocycles. The number of hydrogen-bond acceptors (Lipinski definition) is 6. The molecule has 0 aromatic rings. The van der Waals surface area contributed by atoms with Crippen molar-refractivity contribution in [2.75, 3.05) is 13.2 Å². The molecule has 0 fully saturated rings. The predicted molar refractivity (Wildman–Crippen MR) is 251 cm³/mol. The second kappa shape index (κ2) is 47.3. The van der Waals surface area contributed by atoms with Crippen LogP contribution in [0.15, 0.2) is 85.1 Å². The van der Waals surface area contributed by atoms with Crippen molar-refractivity contribution in [1.29, 1.82) is 0 Å². The lowest BCUT2D eigenvalue weighted by atomic mass is 10.1. The zero-order valence-corrected chi connectivity index (χ0v) is 38.2. The van der Waals surface area contributed by atoms with Gasteiger partial charge < -0.3 is 14.2 Å². The Hall–Kier alpha value is -3.41. The first-order valence-corrected chi connectivity index (χ1v) is 24.1. The van der Waals surface area contributed by atoms with Crippen molar-refractivity contribution >= 4 is 17.9 Å². The first kappa shape index (κ1) is 55.6. The lowest BCUT2D eigenvalue weighted by Crippen LogP contribution is -2.30. The van der Waals surface area contributed by atoms with E-state index in [9.17, 15) is 14.4 Å². The van der Waals surface area contributed by atoms with E-state index < -0.39 is 6.10 Å². The van der Waals surface area contributed by atoms with Crippen LogP contribution in [0.2, 0.25) is 0 Å². The van der Waals surface area contributed by atoms with Gasteiger partial charge in [0.1, 0.15) is 13.2 Å². The standard InChI is InChI=1S/C53H88O6/c1-4-7-10-13-16-19-22-25-27-29-31-34-37-40-43-46-52(55)58-49-50(48-57-51(54)45-42-39-36-33-30-24-21-18-15-12-9-6-3)59-53(56)47-44-41-38-35-32-28-26-23-20-17-14-11-8-5-2/h7,9-10,12-13,16,18-19,21-22,25,27-28,32,50H,4-6,8,11,14-15,17,20,23-24,26,29-31,33-49H2,1-3H3/b10-7-,12-9-,16-13-,21-18-,22-19-,27-25-,32-28-. The van der Waals surface area contributed by atoms with Crippen LogP contribution in [0, 0.1) is 0 Å². The van der Waals surface area contributed by atoms with Gasteiger partial charge in [-0.1, -0.05) is 189 Å². The highest BCUT2D eigenvalue weighted by Gasteiger charge is 2.19. The summed E-state index contributed by atoms with van der Waals surface area (Å²) in [6.07, 6.45) is 59.9. The highest BCUT2D eigenvalue weighted by Crippen LogP contribution is 2.13. The van der Waals surface area contributed by atoms with Gasteiger partial charge in [0.25, 0.3) is 0 Å². The molecular formula is C53H88O6. The number of unbranched alkanes of at least 4 members (excludes halogenated alkanes) is 20. The van der Waals surface area contributed by atoms with E-state index in [0.717, 1.165) is 128 Å². The van der Waals surface area contributed by atoms with Crippen molar-refractivity contribution in [3.63, 3.8) is 0 Å². The predicted octanol–water partition coefficient (Wildman–Crippen LogP) is 15.6. The van der Waals surface area contributed by atoms with E-state index in [4.69, 9.17) is 14.2 Å². The van der Waals surface area contributed by atoms with Crippen LogP contribution in [0.4, 0.5) is 0 Å². The first-order valence-electron chi connectivity index (χ1n) is 24.1. The molecule has 0 aliphatic rings. The SMILES string of the molecule is CC\C=C/C=C\C=C/C=C\CCCCCCCC(=O)OCC(COC(=O)CCCCCCC/C=C\C/C=C\CC)OC(=O)CCCCC/C=C\CCCCCCCCC. The molecule has 1 unspecified atom stereocenters. The van der Waals surface area contributed by atoms with Crippen LogP contribution in [0.1, 0.15) is 213 Å². The molecule has 0 N–H and O–H groups in total. The minimum Gasteiger partial charge on any atom is -0.462 e. The Kier molecular flexibility index (Phi) is 44.5. The largest absolute Gasteiger partial charge is 0.462 e. The third-order valence-corrected chi connectivity index (χ3v) is 9.96. The summed E-state index contributed by atoms with van der Waals surface area (Å²) in [5, 5.41) is 0. The van der Waals surface area contributed by atoms with E-state index in [0.29, 0.717) is 19.3 Å². The van der Waals surface area contributed by atoms with E-state index in [1.54, 1.807) is 0 Å². The zero-order chi connectivity index (χ0) is 43.0. The van der Waals surface area contributed by atoms with Gasteiger partial charge in [0.2, 0.25) is 0 Å². The minimum atomic E-state index is -0.799. The fourth-order valence-corrected chi connectivity index (χ4v) is 6.37. The van der Waals surface area contributed by atoms with Gasteiger partial charge in [0.15, 0.2) is 6.10 Å². The summed E-state index contributed by atoms with van der Waals surface area (Å²) in [7, 11) is 0. The molecule has 0 aliphatic heterocycles. The van der Waals surface area contributed by atoms with Gasteiger partial charge in [-0.2, -0.15) is 0 Å². The summed E-state index contributed by atoms with van der Waals surface area (Å²) in [5.74, 6) is -0.957. The van der Waals surface area contributed by atoms with E-state index in [1.165, 1.54) is 44.9 Å². The van der Waals surface area contributed by atoms with Crippen LogP contribution < -0.4 is 0 Å². The molecule has 6 heteroatoms. The number of rotatable bonds is 42. The van der Waals surface area contributed by atoms with Crippen LogP contribution in [0.3, 0.4) is 0 Å². The van der Waals surface area contributed by atoms with Gasteiger partial charge in [0, 0.05) is 19.3 Å². The van der Waals surface area contributed by atoms with Crippen molar-refractivity contribution in [2.24, 2.45) is 0 Å². The summed E-state index contributed by atoms with van der Waals surface area (Å²) >= 11 is 0. The van der Waals surface area contributed by atoms with Crippen LogP contribution in [0.5, 0.6) is 0 Å². The maximum atomic E-state index is 12.8. The normalized spacial score (nSPS) is 12.8. The van der Waals surface area contributed by atoms with Crippen LogP contribution in [-0.4, -0.2) is 37.2 Å². The van der Waals surface area contributed by atoms with Crippen LogP contribution in [-0.2, 0) is 28.6 Å². The Bertz CT molecular complexity index is 1170. The molecule has 0 rings (SSSR count). The van der Waals surface area contributed by atoms with Crippen LogP contribution >= 0.6 is 0 Å². The summed E-state index contributed by atoms with van der Waals surface area (Å²) < 4.78 is 16.7. The average molecular weight is 821 g/mol. The first-order chi connectivity index (χ1) is 29.0. The molecule has 0 radical (unpaired) electrons. The number of carbonyl (C=O) groups excluding carboxylic acids is 3. The molecule has 59 heavy (non-hydrogen) atoms. The average Bonchev–Trinajstić information content (AvgIpc) is 3.23. The fourth-order valence-electron chi connectivity index (χ4n) is 6.37. The topological polar surface area (TPSA) is 78.9 Å². The number of carbonyl (C=O) groups is 3. The van der Waals surface area contributed by atoms with Gasteiger partial charge in [-0.25, -0.2) is 0 Å². The zero-order valence-electron chi connectivity index (χ0n) is 38.2. The van der Waals surface area contributed by atoms with Crippen molar-refractivity contribution in [3.8, 4) is 0 Å². The Morgan fingerprint density at radius 1 is 0.373 bits per heavy atom. The summed E-state index contributed by atoms with van der Waals surface area (Å²) in [6.45, 7) is 6.32. The van der Waals surface area contributed by atoms with E-state index in [2.05, 4.69) is 81.5 Å². The Labute approximate surface area is 363 Å². The monoisotopic (exact) mass is 821 g/mol. The second-order valence-corrected chi connectivity index (χ2v) is 15.7. The third kappa shape index (κ3) is 45.5. The molecule has 0 bridgehead atoms. The lowest BCUT2D eigenvalue weighted by Gasteiger charge is -2.18. The third-order valence-electron chi connectivity index (χ3n) is 9.96. The van der Waals surface area contributed by atoms with Crippen molar-refractivity contribution in [1.82, 2.24) is 0 Å². The summed E-state index contributed by atoms with van der Waals surface area (Å²) in [5.41, 5.74) is 0. The summed E-state index contributed by atoms with van der Waals surface area (Å²) in [4.78, 5) is 37.8. The molecule has 0 spiro atoms. The fraction of sp³-hybridized carbons (Fsp3) is 0.679. The van der Waals surface area contributed by atoms with Crippen molar-refractivity contribution in [3.05, 3.63) is 85.1 Å². The van der Waals surface area contributed by atoms with Gasteiger partial charge >= 0.3 is 17.9 Å². The van der Waals surface area contributed by atoms with E-state index in [1.807, 2.05) is 24.3 Å². The molecule has 0 aromatic carbocycles. The van der Waals surface area contributed by atoms with E-state index >= 15 is 0 Å². The van der Waals surface area contributed by atoms with Crippen LogP contribution in [0.25, 0.3) is 0 Å². The molecule has 0 saturated heterocycles. The second-order valence-electron chi connectivity index (χ2n) is 15.7. The Morgan fingerprint density at radius 2 is 0.746 bits per heavy atom. The Balaban J connectivity index is 4.47. The lowest BCUT2D eigenvalue weighted by molar-refractivity contribution is -0.167. The van der Waals surface area contributed by atoms with E-state index in [-0.39, 0.29) is 31.1 Å². The van der Waals surface area contributed by atoms with Gasteiger partial charge in [0.05, 0.1) is 0 Å². The van der Waals surface area contributed by atoms with Gasteiger partial charge in [-0.15, -0.1) is 0 Å². The van der Waals surface area contributed by atoms with Gasteiger partial charge in [-0.05, 0) is 89.9 Å². The van der Waals surface area contributed by atoms with Crippen molar-refractivity contribution < 1.29 is 28.6 Å². The maximum Gasteiger partial charge on any atom is 0.306 e. The van der Waals surface area contributed by atoms with Gasteiger partial charge in [-0.3, -0.25) is 14.4 Å². The molecule has 0 heterocycles. The quantitative estimate of drug-likeness (QED) is 0.0201. The minimum absolute atomic E-state index is 0.0988. The summed E-state index contributed by atoms with van der Waals surface area (Å²) in [6, 6.07) is 0. The number of esters is 3. The maximum absolute atomic E-state index is 12.8. The highest BCUT2D eigenvalue weighted by molar-refractivity contribution is 5.71. The molecular weight excluding hydrogens is 733 g/mol. The Morgan fingerprint density at radius 3 is 1.25 bits per heavy atom. The molecule has 0 aromatic heterocycles. The molecule has 0 amide bonds. The molecule has 1 atom stereocenters. The molecule has 336 valence electrons. The number of allylic oxidation sites excluding steroid dienone is 14. The van der Waals surface area contributed by atoms with Crippen molar-refractivity contribution in [2.45, 2.75) is 219 Å². The molecule has 0 saturated carbocycles. The number of hydrogen-bond donors (Lipinski definition) is 0.